The van der Waals surface area contributed by atoms with Gasteiger partial charge in [-0.3, -0.25) is 4.90 Å². The van der Waals surface area contributed by atoms with E-state index in [2.05, 4.69) is 5.32 Å². The van der Waals surface area contributed by atoms with E-state index in [1.54, 1.807) is 11.8 Å². The zero-order valence-corrected chi connectivity index (χ0v) is 12.9. The molecular formula is C13H24N2O4S. The number of hydrogen-bond acceptors (Lipinski definition) is 4. The van der Waals surface area contributed by atoms with Gasteiger partial charge in [0.05, 0.1) is 5.37 Å². The molecule has 1 heterocycles. The Morgan fingerprint density at radius 2 is 2.20 bits per heavy atom. The van der Waals surface area contributed by atoms with Crippen LogP contribution in [-0.4, -0.2) is 58.9 Å². The fourth-order valence-corrected chi connectivity index (χ4v) is 3.61. The SMILES string of the molecule is CCCC1SCC(C(=O)O)N1C(=O)NCCCOCC. The summed E-state index contributed by atoms with van der Waals surface area (Å²) in [6.07, 6.45) is 2.48. The van der Waals surface area contributed by atoms with Crippen LogP contribution in [0.1, 0.15) is 33.1 Å². The molecule has 2 unspecified atom stereocenters. The Balaban J connectivity index is 2.49. The number of carbonyl (C=O) groups is 2. The van der Waals surface area contributed by atoms with Gasteiger partial charge in [0.2, 0.25) is 0 Å². The molecule has 0 radical (unpaired) electrons. The topological polar surface area (TPSA) is 78.9 Å². The van der Waals surface area contributed by atoms with Gasteiger partial charge in [-0.05, 0) is 19.8 Å². The maximum absolute atomic E-state index is 12.2. The molecule has 1 fully saturated rings. The van der Waals surface area contributed by atoms with Crippen molar-refractivity contribution in [1.29, 1.82) is 0 Å². The Kier molecular flexibility index (Phi) is 7.76. The minimum absolute atomic E-state index is 0.0343. The molecule has 0 spiro atoms. The van der Waals surface area contributed by atoms with Crippen LogP contribution in [0.25, 0.3) is 0 Å². The second-order valence-corrected chi connectivity index (χ2v) is 5.83. The largest absolute Gasteiger partial charge is 0.480 e. The summed E-state index contributed by atoms with van der Waals surface area (Å²) in [6, 6.07) is -0.999. The van der Waals surface area contributed by atoms with Crippen LogP contribution in [0.5, 0.6) is 0 Å². The predicted octanol–water partition coefficient (Wildman–Crippen LogP) is 1.75. The first kappa shape index (κ1) is 17.1. The monoisotopic (exact) mass is 304 g/mol. The lowest BCUT2D eigenvalue weighted by Gasteiger charge is -2.27. The number of aliphatic carboxylic acids is 1. The molecule has 1 aliphatic rings. The quantitative estimate of drug-likeness (QED) is 0.668. The van der Waals surface area contributed by atoms with Crippen molar-refractivity contribution < 1.29 is 19.4 Å². The molecule has 6 nitrogen and oxygen atoms in total. The van der Waals surface area contributed by atoms with Gasteiger partial charge >= 0.3 is 12.0 Å². The summed E-state index contributed by atoms with van der Waals surface area (Å²) in [4.78, 5) is 24.9. The molecule has 0 saturated carbocycles. The minimum atomic E-state index is -0.930. The number of urea groups is 1. The molecule has 1 aliphatic heterocycles. The summed E-state index contributed by atoms with van der Waals surface area (Å²) in [7, 11) is 0. The second-order valence-electron chi connectivity index (χ2n) is 4.62. The van der Waals surface area contributed by atoms with Crippen LogP contribution in [0.4, 0.5) is 4.79 Å². The number of hydrogen-bond donors (Lipinski definition) is 2. The summed E-state index contributed by atoms with van der Waals surface area (Å²) >= 11 is 1.55. The lowest BCUT2D eigenvalue weighted by Crippen LogP contribution is -2.50. The van der Waals surface area contributed by atoms with Gasteiger partial charge in [-0.2, -0.15) is 0 Å². The molecule has 0 aliphatic carbocycles. The van der Waals surface area contributed by atoms with E-state index in [0.717, 1.165) is 19.3 Å². The zero-order chi connectivity index (χ0) is 15.0. The minimum Gasteiger partial charge on any atom is -0.480 e. The van der Waals surface area contributed by atoms with Crippen molar-refractivity contribution in [3.63, 3.8) is 0 Å². The van der Waals surface area contributed by atoms with Gasteiger partial charge < -0.3 is 15.2 Å². The van der Waals surface area contributed by atoms with Crippen molar-refractivity contribution in [1.82, 2.24) is 10.2 Å². The van der Waals surface area contributed by atoms with Crippen LogP contribution >= 0.6 is 11.8 Å². The van der Waals surface area contributed by atoms with Crippen molar-refractivity contribution in [2.45, 2.75) is 44.5 Å². The number of ether oxygens (including phenoxy) is 1. The third-order valence-corrected chi connectivity index (χ3v) is 4.45. The van der Waals surface area contributed by atoms with E-state index < -0.39 is 12.0 Å². The van der Waals surface area contributed by atoms with Crippen molar-refractivity contribution in [3.8, 4) is 0 Å². The maximum atomic E-state index is 12.2. The molecule has 116 valence electrons. The highest BCUT2D eigenvalue weighted by molar-refractivity contribution is 8.00. The van der Waals surface area contributed by atoms with Crippen molar-refractivity contribution in [2.24, 2.45) is 0 Å². The Bertz CT molecular complexity index is 327. The summed E-state index contributed by atoms with van der Waals surface area (Å²) in [5.74, 6) is -0.465. The lowest BCUT2D eigenvalue weighted by molar-refractivity contribution is -0.141. The van der Waals surface area contributed by atoms with E-state index in [0.29, 0.717) is 25.5 Å². The lowest BCUT2D eigenvalue weighted by atomic mass is 10.2. The molecule has 2 N–H and O–H groups in total. The number of nitrogens with one attached hydrogen (secondary N) is 1. The fraction of sp³-hybridized carbons (Fsp3) is 0.846. The molecule has 20 heavy (non-hydrogen) atoms. The standard InChI is InChI=1S/C13H24N2O4S/c1-3-6-11-15(10(9-20-11)12(16)17)13(18)14-7-5-8-19-4-2/h10-11H,3-9H2,1-2H3,(H,14,18)(H,16,17). The van der Waals surface area contributed by atoms with Gasteiger partial charge in [-0.25, -0.2) is 9.59 Å². The smallest absolute Gasteiger partial charge is 0.327 e. The Morgan fingerprint density at radius 3 is 2.80 bits per heavy atom. The van der Waals surface area contributed by atoms with Gasteiger partial charge in [-0.1, -0.05) is 13.3 Å². The summed E-state index contributed by atoms with van der Waals surface area (Å²) < 4.78 is 5.20. The van der Waals surface area contributed by atoms with Crippen molar-refractivity contribution in [3.05, 3.63) is 0 Å². The highest BCUT2D eigenvalue weighted by Crippen LogP contribution is 2.32. The third kappa shape index (κ3) is 4.86. The zero-order valence-electron chi connectivity index (χ0n) is 12.1. The molecule has 1 rings (SSSR count). The molecule has 1 saturated heterocycles. The number of thioether (sulfide) groups is 1. The van der Waals surface area contributed by atoms with Crippen LogP contribution in [0.15, 0.2) is 0 Å². The maximum Gasteiger partial charge on any atom is 0.327 e. The Labute approximate surface area is 124 Å². The van der Waals surface area contributed by atoms with E-state index in [-0.39, 0.29) is 11.4 Å². The van der Waals surface area contributed by atoms with E-state index in [1.807, 2.05) is 13.8 Å². The van der Waals surface area contributed by atoms with Crippen LogP contribution in [0.2, 0.25) is 0 Å². The van der Waals surface area contributed by atoms with Gasteiger partial charge in [0.15, 0.2) is 0 Å². The normalized spacial score (nSPS) is 22.0. The van der Waals surface area contributed by atoms with Crippen LogP contribution in [0, 0.1) is 0 Å². The first-order chi connectivity index (χ1) is 9.61. The number of carboxylic acid groups (broad SMARTS) is 1. The van der Waals surface area contributed by atoms with Crippen LogP contribution in [-0.2, 0) is 9.53 Å². The third-order valence-electron chi connectivity index (χ3n) is 3.09. The first-order valence-electron chi connectivity index (χ1n) is 7.10. The van der Waals surface area contributed by atoms with Crippen molar-refractivity contribution >= 4 is 23.8 Å². The predicted molar refractivity (Wildman–Crippen MR) is 78.9 cm³/mol. The molecule has 0 aromatic heterocycles. The Morgan fingerprint density at radius 1 is 1.45 bits per heavy atom. The molecule has 2 atom stereocenters. The molecule has 0 bridgehead atoms. The van der Waals surface area contributed by atoms with E-state index >= 15 is 0 Å². The van der Waals surface area contributed by atoms with Gasteiger partial charge in [0, 0.05) is 25.5 Å². The highest BCUT2D eigenvalue weighted by atomic mass is 32.2. The fourth-order valence-electron chi connectivity index (χ4n) is 2.10. The van der Waals surface area contributed by atoms with Crippen LogP contribution in [0.3, 0.4) is 0 Å². The van der Waals surface area contributed by atoms with Crippen LogP contribution < -0.4 is 5.32 Å². The van der Waals surface area contributed by atoms with Gasteiger partial charge in [-0.15, -0.1) is 11.8 Å². The van der Waals surface area contributed by atoms with Crippen molar-refractivity contribution in [2.75, 3.05) is 25.5 Å². The van der Waals surface area contributed by atoms with E-state index in [4.69, 9.17) is 4.74 Å². The molecule has 2 amide bonds. The number of amides is 2. The molecule has 0 aromatic rings. The summed E-state index contributed by atoms with van der Waals surface area (Å²) in [5.41, 5.74) is 0. The Hall–Kier alpha value is -0.950. The number of carboxylic acids is 1. The van der Waals surface area contributed by atoms with E-state index in [9.17, 15) is 14.7 Å². The number of rotatable bonds is 8. The van der Waals surface area contributed by atoms with Gasteiger partial charge in [0.1, 0.15) is 6.04 Å². The summed E-state index contributed by atoms with van der Waals surface area (Å²) in [6.45, 7) is 5.73. The molecular weight excluding hydrogens is 280 g/mol. The highest BCUT2D eigenvalue weighted by Gasteiger charge is 2.40. The first-order valence-corrected chi connectivity index (χ1v) is 8.15. The molecule has 0 aromatic carbocycles. The number of carbonyl (C=O) groups excluding carboxylic acids is 1. The molecule has 7 heteroatoms. The second kappa shape index (κ2) is 9.07. The average molecular weight is 304 g/mol. The summed E-state index contributed by atoms with van der Waals surface area (Å²) in [5, 5.41) is 12.0. The van der Waals surface area contributed by atoms with E-state index in [1.165, 1.54) is 4.90 Å². The van der Waals surface area contributed by atoms with Gasteiger partial charge in [0.25, 0.3) is 0 Å². The number of nitrogens with zero attached hydrogens (tertiary/aromatic N) is 1. The average Bonchev–Trinajstić information content (AvgIpc) is 2.83.